The molecule has 2 atom stereocenters. The van der Waals surface area contributed by atoms with Crippen LogP contribution in [0.2, 0.25) is 0 Å². The molecular formula is C12H16F7IO2. The van der Waals surface area contributed by atoms with E-state index in [1.807, 2.05) is 0 Å². The smallest absolute Gasteiger partial charge is 0.431 e. The minimum atomic E-state index is -6.14. The zero-order chi connectivity index (χ0) is 17.8. The molecule has 0 rings (SSSR count). The van der Waals surface area contributed by atoms with Gasteiger partial charge in [0.2, 0.25) is 0 Å². The van der Waals surface area contributed by atoms with E-state index in [-0.39, 0.29) is 19.3 Å². The highest BCUT2D eigenvalue weighted by Gasteiger charge is 2.72. The highest BCUT2D eigenvalue weighted by molar-refractivity contribution is 14.1. The van der Waals surface area contributed by atoms with Crippen molar-refractivity contribution in [2.24, 2.45) is 0 Å². The van der Waals surface area contributed by atoms with Gasteiger partial charge in [0.25, 0.3) is 0 Å². The van der Waals surface area contributed by atoms with Gasteiger partial charge in [-0.25, -0.2) is 4.39 Å². The van der Waals surface area contributed by atoms with E-state index in [4.69, 9.17) is 0 Å². The minimum absolute atomic E-state index is 0.141. The Hall–Kier alpha value is -0.290. The SMILES string of the molecule is CCCC(CC(F)(C(F)(F)F)C(F)(F)F)OC(=O)C(I)CC. The lowest BCUT2D eigenvalue weighted by Gasteiger charge is -2.33. The lowest BCUT2D eigenvalue weighted by atomic mass is 9.94. The molecule has 0 fully saturated rings. The van der Waals surface area contributed by atoms with E-state index in [0.29, 0.717) is 0 Å². The molecule has 0 saturated heterocycles. The number of hydrogen-bond donors (Lipinski definition) is 0. The van der Waals surface area contributed by atoms with Crippen LogP contribution in [0.4, 0.5) is 30.7 Å². The second-order valence-electron chi connectivity index (χ2n) is 4.72. The number of carbonyl (C=O) groups is 1. The molecule has 0 aromatic carbocycles. The summed E-state index contributed by atoms with van der Waals surface area (Å²) in [6, 6.07) is 0. The fourth-order valence-corrected chi connectivity index (χ4v) is 1.78. The maximum Gasteiger partial charge on any atom is 0.431 e. The standard InChI is InChI=1S/C12H16F7IO2/c1-3-5-7(22-9(21)8(20)4-2)6-10(13,11(14,15)16)12(17,18)19/h7-8H,3-6H2,1-2H3. The summed E-state index contributed by atoms with van der Waals surface area (Å²) in [4.78, 5) is 11.5. The molecule has 0 radical (unpaired) electrons. The molecule has 0 aromatic heterocycles. The Labute approximate surface area is 136 Å². The number of alkyl halides is 8. The van der Waals surface area contributed by atoms with Crippen molar-refractivity contribution in [3.8, 4) is 0 Å². The van der Waals surface area contributed by atoms with Gasteiger partial charge in [0.15, 0.2) is 0 Å². The van der Waals surface area contributed by atoms with Crippen LogP contribution in [0, 0.1) is 0 Å². The average Bonchev–Trinajstić information content (AvgIpc) is 2.35. The minimum Gasteiger partial charge on any atom is -0.461 e. The van der Waals surface area contributed by atoms with Gasteiger partial charge < -0.3 is 4.74 Å². The predicted octanol–water partition coefficient (Wildman–Crippen LogP) is 5.13. The van der Waals surface area contributed by atoms with E-state index >= 15 is 0 Å². The summed E-state index contributed by atoms with van der Waals surface area (Å²) in [7, 11) is 0. The van der Waals surface area contributed by atoms with Crippen LogP contribution in [-0.2, 0) is 9.53 Å². The van der Waals surface area contributed by atoms with Crippen molar-refractivity contribution < 1.29 is 40.3 Å². The normalized spacial score (nSPS) is 16.3. The molecule has 0 amide bonds. The van der Waals surface area contributed by atoms with Crippen LogP contribution in [0.5, 0.6) is 0 Å². The fraction of sp³-hybridized carbons (Fsp3) is 0.917. The Balaban J connectivity index is 5.31. The highest BCUT2D eigenvalue weighted by atomic mass is 127. The van der Waals surface area contributed by atoms with Crippen LogP contribution in [0.3, 0.4) is 0 Å². The van der Waals surface area contributed by atoms with Gasteiger partial charge in [-0.15, -0.1) is 0 Å². The van der Waals surface area contributed by atoms with Gasteiger partial charge >= 0.3 is 24.0 Å². The van der Waals surface area contributed by atoms with Gasteiger partial charge in [-0.1, -0.05) is 42.9 Å². The van der Waals surface area contributed by atoms with Crippen molar-refractivity contribution in [3.05, 3.63) is 0 Å². The summed E-state index contributed by atoms with van der Waals surface area (Å²) in [5.74, 6) is -0.951. The molecule has 0 aromatic rings. The molecule has 0 heterocycles. The maximum absolute atomic E-state index is 13.7. The van der Waals surface area contributed by atoms with Crippen molar-refractivity contribution in [2.75, 3.05) is 0 Å². The van der Waals surface area contributed by atoms with Crippen LogP contribution in [0.1, 0.15) is 39.5 Å². The summed E-state index contributed by atoms with van der Waals surface area (Å²) in [5.41, 5.74) is -5.41. The average molecular weight is 452 g/mol. The summed E-state index contributed by atoms with van der Waals surface area (Å²) in [6.45, 7) is 3.07. The molecule has 0 N–H and O–H groups in total. The van der Waals surface area contributed by atoms with E-state index < -0.39 is 40.4 Å². The third-order valence-electron chi connectivity index (χ3n) is 2.92. The van der Waals surface area contributed by atoms with E-state index in [1.165, 1.54) is 6.92 Å². The molecular weight excluding hydrogens is 436 g/mol. The zero-order valence-corrected chi connectivity index (χ0v) is 14.0. The van der Waals surface area contributed by atoms with Gasteiger partial charge in [0.05, 0.1) is 0 Å². The first kappa shape index (κ1) is 21.7. The van der Waals surface area contributed by atoms with Gasteiger partial charge in [-0.2, -0.15) is 26.3 Å². The highest BCUT2D eigenvalue weighted by Crippen LogP contribution is 2.49. The number of ether oxygens (including phenoxy) is 1. The topological polar surface area (TPSA) is 26.3 Å². The predicted molar refractivity (Wildman–Crippen MR) is 73.5 cm³/mol. The third kappa shape index (κ3) is 5.41. The Morgan fingerprint density at radius 2 is 1.50 bits per heavy atom. The first-order chi connectivity index (χ1) is 9.80. The van der Waals surface area contributed by atoms with Crippen molar-refractivity contribution in [1.29, 1.82) is 0 Å². The lowest BCUT2D eigenvalue weighted by molar-refractivity contribution is -0.347. The van der Waals surface area contributed by atoms with Crippen LogP contribution in [0.25, 0.3) is 0 Å². The third-order valence-corrected chi connectivity index (χ3v) is 4.30. The van der Waals surface area contributed by atoms with E-state index in [2.05, 4.69) is 4.74 Å². The summed E-state index contributed by atoms with van der Waals surface area (Å²) >= 11 is 1.65. The Kier molecular flexibility index (Phi) is 7.90. The lowest BCUT2D eigenvalue weighted by Crippen LogP contribution is -2.55. The van der Waals surface area contributed by atoms with Gasteiger partial charge in [0.1, 0.15) is 10.0 Å². The molecule has 10 heteroatoms. The molecule has 2 unspecified atom stereocenters. The first-order valence-corrected chi connectivity index (χ1v) is 7.71. The van der Waals surface area contributed by atoms with Crippen LogP contribution < -0.4 is 0 Å². The van der Waals surface area contributed by atoms with Crippen molar-refractivity contribution in [2.45, 2.75) is 67.6 Å². The fourth-order valence-electron chi connectivity index (χ4n) is 1.64. The molecule has 0 saturated carbocycles. The van der Waals surface area contributed by atoms with Gasteiger partial charge in [-0.05, 0) is 12.8 Å². The van der Waals surface area contributed by atoms with Crippen LogP contribution >= 0.6 is 22.6 Å². The van der Waals surface area contributed by atoms with E-state index in [0.717, 1.165) is 0 Å². The van der Waals surface area contributed by atoms with Gasteiger partial charge in [0, 0.05) is 6.42 Å². The van der Waals surface area contributed by atoms with Crippen molar-refractivity contribution >= 4 is 28.6 Å². The van der Waals surface area contributed by atoms with Crippen LogP contribution in [-0.4, -0.2) is 34.0 Å². The Morgan fingerprint density at radius 3 is 1.82 bits per heavy atom. The number of carbonyl (C=O) groups excluding carboxylic acids is 1. The van der Waals surface area contributed by atoms with E-state index in [9.17, 15) is 35.5 Å². The number of esters is 1. The van der Waals surface area contributed by atoms with E-state index in [1.54, 1.807) is 29.5 Å². The van der Waals surface area contributed by atoms with Gasteiger partial charge in [-0.3, -0.25) is 4.79 Å². The molecule has 0 spiro atoms. The Morgan fingerprint density at radius 1 is 1.05 bits per heavy atom. The quantitative estimate of drug-likeness (QED) is 0.232. The monoisotopic (exact) mass is 452 g/mol. The number of halogens is 8. The molecule has 22 heavy (non-hydrogen) atoms. The van der Waals surface area contributed by atoms with Crippen molar-refractivity contribution in [1.82, 2.24) is 0 Å². The molecule has 2 nitrogen and oxygen atoms in total. The van der Waals surface area contributed by atoms with Crippen molar-refractivity contribution in [3.63, 3.8) is 0 Å². The molecule has 0 aliphatic heterocycles. The molecule has 0 aliphatic rings. The number of rotatable bonds is 7. The second kappa shape index (κ2) is 8.00. The number of hydrogen-bond acceptors (Lipinski definition) is 2. The summed E-state index contributed by atoms with van der Waals surface area (Å²) < 4.78 is 92.7. The molecule has 132 valence electrons. The Bertz CT molecular complexity index is 353. The molecule has 0 bridgehead atoms. The summed E-state index contributed by atoms with van der Waals surface area (Å²) in [5, 5.41) is 0. The van der Waals surface area contributed by atoms with Crippen LogP contribution in [0.15, 0.2) is 0 Å². The zero-order valence-electron chi connectivity index (χ0n) is 11.8. The second-order valence-corrected chi connectivity index (χ2v) is 6.23. The largest absolute Gasteiger partial charge is 0.461 e. The maximum atomic E-state index is 13.7. The molecule has 0 aliphatic carbocycles. The summed E-state index contributed by atoms with van der Waals surface area (Å²) in [6.07, 6.45) is -15.9. The first-order valence-electron chi connectivity index (χ1n) is 6.47.